The Morgan fingerprint density at radius 1 is 1.29 bits per heavy atom. The maximum atomic E-state index is 13.5. The van der Waals surface area contributed by atoms with E-state index in [1.807, 2.05) is 13.8 Å². The number of benzene rings is 1. The number of hydrogen-bond donors (Lipinski definition) is 2. The molecule has 1 heterocycles. The molecule has 2 fully saturated rings. The van der Waals surface area contributed by atoms with E-state index in [9.17, 15) is 27.5 Å². The summed E-state index contributed by atoms with van der Waals surface area (Å²) < 4.78 is 40.8. The van der Waals surface area contributed by atoms with Gasteiger partial charge in [-0.15, -0.1) is 0 Å². The molecule has 0 bridgehead atoms. The Labute approximate surface area is 182 Å². The van der Waals surface area contributed by atoms with Crippen LogP contribution in [0.2, 0.25) is 0 Å². The minimum absolute atomic E-state index is 0.0536. The quantitative estimate of drug-likeness (QED) is 0.656. The molecule has 1 aromatic rings. The van der Waals surface area contributed by atoms with Gasteiger partial charge in [0.15, 0.2) is 0 Å². The third kappa shape index (κ3) is 5.01. The molecule has 2 N–H and O–H groups in total. The van der Waals surface area contributed by atoms with Crippen molar-refractivity contribution in [2.24, 2.45) is 17.8 Å². The molecule has 31 heavy (non-hydrogen) atoms. The number of fused-ring (bicyclic) bond motifs is 1. The van der Waals surface area contributed by atoms with Gasteiger partial charge in [0.1, 0.15) is 11.9 Å². The highest BCUT2D eigenvalue weighted by molar-refractivity contribution is 7.89. The number of halogens is 1. The Kier molecular flexibility index (Phi) is 6.90. The second-order valence-electron chi connectivity index (χ2n) is 8.93. The van der Waals surface area contributed by atoms with E-state index >= 15 is 0 Å². The highest BCUT2D eigenvalue weighted by Crippen LogP contribution is 2.40. The molecule has 2 amide bonds. The van der Waals surface area contributed by atoms with Crippen LogP contribution in [0.15, 0.2) is 29.2 Å². The molecule has 3 rings (SSSR count). The zero-order chi connectivity index (χ0) is 22.9. The molecule has 1 saturated heterocycles. The first kappa shape index (κ1) is 23.5. The summed E-state index contributed by atoms with van der Waals surface area (Å²) >= 11 is 0. The minimum Gasteiger partial charge on any atom is -0.465 e. The summed E-state index contributed by atoms with van der Waals surface area (Å²) in [7, 11) is -2.43. The van der Waals surface area contributed by atoms with E-state index < -0.39 is 28.0 Å². The van der Waals surface area contributed by atoms with Crippen molar-refractivity contribution in [2.45, 2.75) is 50.1 Å². The van der Waals surface area contributed by atoms with Crippen molar-refractivity contribution in [1.29, 1.82) is 0 Å². The van der Waals surface area contributed by atoms with Gasteiger partial charge in [0.05, 0.1) is 4.90 Å². The molecule has 10 heteroatoms. The van der Waals surface area contributed by atoms with Crippen LogP contribution in [-0.4, -0.2) is 67.0 Å². The molecule has 0 unspecified atom stereocenters. The van der Waals surface area contributed by atoms with Crippen molar-refractivity contribution >= 4 is 22.0 Å². The fraction of sp³-hybridized carbons (Fsp3) is 0.619. The molecule has 8 nitrogen and oxygen atoms in total. The van der Waals surface area contributed by atoms with E-state index in [0.717, 1.165) is 23.8 Å². The number of nitrogens with one attached hydrogen (secondary N) is 1. The first-order valence-electron chi connectivity index (χ1n) is 10.5. The van der Waals surface area contributed by atoms with Crippen LogP contribution >= 0.6 is 0 Å². The highest BCUT2D eigenvalue weighted by Gasteiger charge is 2.47. The molecule has 4 atom stereocenters. The Bertz CT molecular complexity index is 939. The van der Waals surface area contributed by atoms with Gasteiger partial charge >= 0.3 is 6.09 Å². The van der Waals surface area contributed by atoms with E-state index in [4.69, 9.17) is 0 Å². The van der Waals surface area contributed by atoms with Crippen molar-refractivity contribution < 1.29 is 27.5 Å². The number of hydrogen-bond acceptors (Lipinski definition) is 4. The maximum absolute atomic E-state index is 13.5. The number of sulfonamides is 1. The van der Waals surface area contributed by atoms with Crippen LogP contribution in [0.4, 0.5) is 9.18 Å². The van der Waals surface area contributed by atoms with Gasteiger partial charge in [-0.05, 0) is 55.2 Å². The summed E-state index contributed by atoms with van der Waals surface area (Å²) in [6.07, 6.45) is 0.725. The average Bonchev–Trinajstić information content (AvgIpc) is 3.27. The van der Waals surface area contributed by atoms with E-state index in [-0.39, 0.29) is 41.1 Å². The number of amides is 2. The minimum atomic E-state index is -3.82. The van der Waals surface area contributed by atoms with Crippen molar-refractivity contribution in [1.82, 2.24) is 14.5 Å². The van der Waals surface area contributed by atoms with Gasteiger partial charge in [-0.3, -0.25) is 9.69 Å². The zero-order valence-corrected chi connectivity index (χ0v) is 18.8. The highest BCUT2D eigenvalue weighted by atomic mass is 32.2. The average molecular weight is 456 g/mol. The molecule has 1 aliphatic carbocycles. The zero-order valence-electron chi connectivity index (χ0n) is 18.0. The number of carbonyl (C=O) groups is 2. The molecule has 0 radical (unpaired) electrons. The first-order chi connectivity index (χ1) is 14.5. The molecule has 1 aromatic carbocycles. The summed E-state index contributed by atoms with van der Waals surface area (Å²) in [6.45, 7) is 4.43. The normalized spacial score (nSPS) is 24.7. The lowest BCUT2D eigenvalue weighted by Gasteiger charge is -2.29. The lowest BCUT2D eigenvalue weighted by molar-refractivity contribution is -0.127. The van der Waals surface area contributed by atoms with Gasteiger partial charge in [0.2, 0.25) is 15.9 Å². The molecule has 172 valence electrons. The Balaban J connectivity index is 1.71. The van der Waals surface area contributed by atoms with E-state index in [1.54, 1.807) is 0 Å². The third-order valence-corrected chi connectivity index (χ3v) is 8.18. The van der Waals surface area contributed by atoms with Crippen LogP contribution in [0.5, 0.6) is 0 Å². The molecule has 1 saturated carbocycles. The van der Waals surface area contributed by atoms with E-state index in [2.05, 4.69) is 5.32 Å². The van der Waals surface area contributed by atoms with Gasteiger partial charge in [-0.2, -0.15) is 4.31 Å². The number of carboxylic acid groups (broad SMARTS) is 1. The number of carbonyl (C=O) groups excluding carboxylic acids is 1. The Morgan fingerprint density at radius 3 is 2.61 bits per heavy atom. The van der Waals surface area contributed by atoms with Crippen LogP contribution in [0.25, 0.3) is 0 Å². The van der Waals surface area contributed by atoms with Crippen molar-refractivity contribution in [3.05, 3.63) is 30.1 Å². The lowest BCUT2D eigenvalue weighted by atomic mass is 9.96. The molecular formula is C21H30FN3O5S. The second kappa shape index (κ2) is 9.12. The second-order valence-corrected chi connectivity index (χ2v) is 10.9. The van der Waals surface area contributed by atoms with Crippen molar-refractivity contribution in [2.75, 3.05) is 20.1 Å². The Morgan fingerprint density at radius 2 is 2.00 bits per heavy atom. The third-order valence-electron chi connectivity index (χ3n) is 6.35. The SMILES string of the molecule is CC(C)C[C@@H](C(=O)N[C@@H]1CC[C@H]2CN(S(=O)(=O)c3cccc(F)c3)C[C@H]21)N(C)C(=O)O. The molecule has 0 aromatic heterocycles. The lowest BCUT2D eigenvalue weighted by Crippen LogP contribution is -2.51. The summed E-state index contributed by atoms with van der Waals surface area (Å²) in [6, 6.07) is 3.94. The fourth-order valence-corrected chi connectivity index (χ4v) is 6.24. The topological polar surface area (TPSA) is 107 Å². The van der Waals surface area contributed by atoms with Crippen LogP contribution in [-0.2, 0) is 14.8 Å². The molecule has 0 spiro atoms. The largest absolute Gasteiger partial charge is 0.465 e. The standard InChI is InChI=1S/C21H30FN3O5S/c1-13(2)9-19(24(3)21(27)28)20(26)23-18-8-7-14-11-25(12-17(14)18)31(29,30)16-6-4-5-15(22)10-16/h4-6,10,13-14,17-19H,7-9,11-12H2,1-3H3,(H,23,26)(H,27,28)/t14-,17+,18+,19-/m0/s1. The van der Waals surface area contributed by atoms with Crippen LogP contribution in [0, 0.1) is 23.6 Å². The maximum Gasteiger partial charge on any atom is 0.407 e. The predicted molar refractivity (Wildman–Crippen MR) is 112 cm³/mol. The Hall–Kier alpha value is -2.20. The number of rotatable bonds is 7. The molecule has 1 aliphatic heterocycles. The monoisotopic (exact) mass is 455 g/mol. The van der Waals surface area contributed by atoms with Gasteiger partial charge < -0.3 is 10.4 Å². The van der Waals surface area contributed by atoms with Crippen LogP contribution in [0.1, 0.15) is 33.1 Å². The summed E-state index contributed by atoms with van der Waals surface area (Å²) in [4.78, 5) is 25.3. The number of nitrogens with zero attached hydrogens (tertiary/aromatic N) is 2. The number of likely N-dealkylation sites (N-methyl/N-ethyl adjacent to an activating group) is 1. The molecule has 2 aliphatic rings. The smallest absolute Gasteiger partial charge is 0.407 e. The first-order valence-corrected chi connectivity index (χ1v) is 12.0. The predicted octanol–water partition coefficient (Wildman–Crippen LogP) is 2.37. The van der Waals surface area contributed by atoms with Gasteiger partial charge in [0, 0.05) is 26.2 Å². The van der Waals surface area contributed by atoms with Crippen molar-refractivity contribution in [3.63, 3.8) is 0 Å². The van der Waals surface area contributed by atoms with Gasteiger partial charge in [0.25, 0.3) is 0 Å². The van der Waals surface area contributed by atoms with Crippen LogP contribution in [0.3, 0.4) is 0 Å². The summed E-state index contributed by atoms with van der Waals surface area (Å²) in [5.74, 6) is -0.774. The summed E-state index contributed by atoms with van der Waals surface area (Å²) in [5.41, 5.74) is 0. The van der Waals surface area contributed by atoms with E-state index in [0.29, 0.717) is 13.0 Å². The van der Waals surface area contributed by atoms with Gasteiger partial charge in [-0.1, -0.05) is 19.9 Å². The van der Waals surface area contributed by atoms with Crippen LogP contribution < -0.4 is 5.32 Å². The molecular weight excluding hydrogens is 425 g/mol. The van der Waals surface area contributed by atoms with Gasteiger partial charge in [-0.25, -0.2) is 17.6 Å². The fourth-order valence-electron chi connectivity index (χ4n) is 4.68. The summed E-state index contributed by atoms with van der Waals surface area (Å²) in [5, 5.41) is 12.3. The van der Waals surface area contributed by atoms with E-state index in [1.165, 1.54) is 29.6 Å². The van der Waals surface area contributed by atoms with Crippen molar-refractivity contribution in [3.8, 4) is 0 Å².